The molecule has 1 aromatic carbocycles. The fourth-order valence-electron chi connectivity index (χ4n) is 2.11. The van der Waals surface area contributed by atoms with Crippen molar-refractivity contribution in [1.29, 1.82) is 0 Å². The first-order valence-corrected chi connectivity index (χ1v) is 6.27. The number of benzene rings is 1. The Kier molecular flexibility index (Phi) is 3.73. The first-order chi connectivity index (χ1) is 9.39. The van der Waals surface area contributed by atoms with Crippen molar-refractivity contribution in [3.8, 4) is 0 Å². The number of carbonyl (C=O) groups is 1. The number of hydrogen-bond acceptors (Lipinski definition) is 1. The topological polar surface area (TPSA) is 17.1 Å². The second-order valence-corrected chi connectivity index (χ2v) is 6.10. The van der Waals surface area contributed by atoms with E-state index in [2.05, 4.69) is 0 Å². The largest absolute Gasteiger partial charge is 0.416 e. The van der Waals surface area contributed by atoms with Crippen molar-refractivity contribution in [2.24, 2.45) is 5.92 Å². The summed E-state index contributed by atoms with van der Waals surface area (Å²) in [5, 5.41) is 0. The molecule has 0 heterocycles. The molecule has 0 bridgehead atoms. The first kappa shape index (κ1) is 16.4. The molecule has 1 aliphatic carbocycles. The van der Waals surface area contributed by atoms with Gasteiger partial charge in [0, 0.05) is 5.92 Å². The summed E-state index contributed by atoms with van der Waals surface area (Å²) < 4.78 is 74.4. The molecular formula is C12H6Cl2F6O. The Morgan fingerprint density at radius 1 is 0.952 bits per heavy atom. The number of rotatable bonds is 2. The van der Waals surface area contributed by atoms with Crippen LogP contribution < -0.4 is 0 Å². The van der Waals surface area contributed by atoms with Gasteiger partial charge in [0.25, 0.3) is 0 Å². The van der Waals surface area contributed by atoms with Crippen LogP contribution in [0.15, 0.2) is 18.2 Å². The van der Waals surface area contributed by atoms with Crippen molar-refractivity contribution < 1.29 is 31.1 Å². The van der Waals surface area contributed by atoms with E-state index in [0.717, 1.165) is 0 Å². The van der Waals surface area contributed by atoms with Gasteiger partial charge in [-0.05, 0) is 23.8 Å². The molecule has 0 amide bonds. The van der Waals surface area contributed by atoms with Crippen LogP contribution in [0.4, 0.5) is 26.3 Å². The van der Waals surface area contributed by atoms with E-state index in [-0.39, 0.29) is 11.6 Å². The Bertz CT molecular complexity index is 546. The fourth-order valence-corrected chi connectivity index (χ4v) is 2.86. The molecular weight excluding hydrogens is 345 g/mol. The number of aldehydes is 1. The van der Waals surface area contributed by atoms with Crippen LogP contribution in [0.5, 0.6) is 0 Å². The second-order valence-electron chi connectivity index (χ2n) is 4.65. The van der Waals surface area contributed by atoms with Crippen molar-refractivity contribution in [2.75, 3.05) is 0 Å². The molecule has 2 atom stereocenters. The van der Waals surface area contributed by atoms with Gasteiger partial charge in [-0.25, -0.2) is 0 Å². The molecule has 0 N–H and O–H groups in total. The molecule has 9 heteroatoms. The van der Waals surface area contributed by atoms with Crippen LogP contribution in [-0.4, -0.2) is 10.6 Å². The lowest BCUT2D eigenvalue weighted by Gasteiger charge is -2.14. The molecule has 0 radical (unpaired) electrons. The van der Waals surface area contributed by atoms with Gasteiger partial charge in [-0.3, -0.25) is 0 Å². The summed E-state index contributed by atoms with van der Waals surface area (Å²) in [7, 11) is 0. The molecule has 2 unspecified atom stereocenters. The molecule has 1 aliphatic rings. The van der Waals surface area contributed by atoms with Gasteiger partial charge in [0.1, 0.15) is 10.6 Å². The third kappa shape index (κ3) is 2.99. The third-order valence-corrected chi connectivity index (χ3v) is 4.20. The normalized spacial score (nSPS) is 24.8. The summed E-state index contributed by atoms with van der Waals surface area (Å²) in [5.74, 6) is -2.13. The minimum atomic E-state index is -4.96. The van der Waals surface area contributed by atoms with Crippen LogP contribution in [-0.2, 0) is 17.1 Å². The summed E-state index contributed by atoms with van der Waals surface area (Å²) in [6.45, 7) is 0. The first-order valence-electron chi connectivity index (χ1n) is 5.51. The van der Waals surface area contributed by atoms with Crippen LogP contribution in [0, 0.1) is 5.92 Å². The van der Waals surface area contributed by atoms with E-state index in [9.17, 15) is 31.1 Å². The number of carbonyl (C=O) groups excluding carboxylic acids is 1. The predicted molar refractivity (Wildman–Crippen MR) is 63.2 cm³/mol. The van der Waals surface area contributed by atoms with Gasteiger partial charge in [0.15, 0.2) is 0 Å². The maximum Gasteiger partial charge on any atom is 0.416 e. The maximum atomic E-state index is 12.7. The van der Waals surface area contributed by atoms with Crippen LogP contribution in [0.3, 0.4) is 0 Å². The highest BCUT2D eigenvalue weighted by Gasteiger charge is 2.64. The van der Waals surface area contributed by atoms with E-state index >= 15 is 0 Å². The highest BCUT2D eigenvalue weighted by Crippen LogP contribution is 2.64. The van der Waals surface area contributed by atoms with E-state index in [1.54, 1.807) is 0 Å². The van der Waals surface area contributed by atoms with Gasteiger partial charge in [-0.1, -0.05) is 0 Å². The minimum absolute atomic E-state index is 0.00589. The van der Waals surface area contributed by atoms with Crippen molar-refractivity contribution in [3.63, 3.8) is 0 Å². The zero-order valence-corrected chi connectivity index (χ0v) is 11.4. The molecule has 1 saturated carbocycles. The van der Waals surface area contributed by atoms with Crippen molar-refractivity contribution >= 4 is 29.5 Å². The molecule has 2 rings (SSSR count). The van der Waals surface area contributed by atoms with Crippen LogP contribution in [0.2, 0.25) is 0 Å². The third-order valence-electron chi connectivity index (χ3n) is 3.22. The Balaban J connectivity index is 2.55. The van der Waals surface area contributed by atoms with E-state index in [4.69, 9.17) is 23.2 Å². The Hall–Kier alpha value is -0.950. The van der Waals surface area contributed by atoms with E-state index in [0.29, 0.717) is 18.4 Å². The van der Waals surface area contributed by atoms with Crippen molar-refractivity contribution in [1.82, 2.24) is 0 Å². The van der Waals surface area contributed by atoms with Gasteiger partial charge in [-0.15, -0.1) is 23.2 Å². The zero-order chi connectivity index (χ0) is 16.2. The molecule has 1 aromatic rings. The molecule has 0 spiro atoms. The van der Waals surface area contributed by atoms with Crippen molar-refractivity contribution in [3.05, 3.63) is 34.9 Å². The average Bonchev–Trinajstić information content (AvgIpc) is 2.88. The zero-order valence-electron chi connectivity index (χ0n) is 9.90. The smallest absolute Gasteiger partial charge is 0.303 e. The maximum absolute atomic E-state index is 12.7. The van der Waals surface area contributed by atoms with E-state index in [1.165, 1.54) is 0 Å². The highest BCUT2D eigenvalue weighted by molar-refractivity contribution is 6.53. The van der Waals surface area contributed by atoms with Crippen LogP contribution in [0.25, 0.3) is 0 Å². The summed E-state index contributed by atoms with van der Waals surface area (Å²) >= 11 is 11.4. The van der Waals surface area contributed by atoms with Crippen molar-refractivity contribution in [2.45, 2.75) is 22.6 Å². The quantitative estimate of drug-likeness (QED) is 0.425. The summed E-state index contributed by atoms with van der Waals surface area (Å²) in [6, 6.07) is 1.07. The Morgan fingerprint density at radius 2 is 1.38 bits per heavy atom. The summed E-state index contributed by atoms with van der Waals surface area (Å²) in [6.07, 6.45) is -9.59. The lowest BCUT2D eigenvalue weighted by molar-refractivity contribution is -0.143. The summed E-state index contributed by atoms with van der Waals surface area (Å²) in [5.41, 5.74) is -3.29. The molecule has 21 heavy (non-hydrogen) atoms. The SMILES string of the molecule is O=CC1C(c2cc(C(F)(F)F)cc(C(F)(F)F)c2)C1(Cl)Cl. The predicted octanol–water partition coefficient (Wildman–Crippen LogP) is 4.81. The number of alkyl halides is 8. The highest BCUT2D eigenvalue weighted by atomic mass is 35.5. The van der Waals surface area contributed by atoms with Gasteiger partial charge in [0.05, 0.1) is 17.0 Å². The fraction of sp³-hybridized carbons (Fsp3) is 0.417. The van der Waals surface area contributed by atoms with E-state index < -0.39 is 39.6 Å². The second kappa shape index (κ2) is 4.78. The molecule has 1 fully saturated rings. The van der Waals surface area contributed by atoms with Gasteiger partial charge < -0.3 is 4.79 Å². The van der Waals surface area contributed by atoms with Crippen LogP contribution >= 0.6 is 23.2 Å². The standard InChI is InChI=1S/C12H6Cl2F6O/c13-10(14)8(4-21)9(10)5-1-6(11(15,16)17)3-7(2-5)12(18,19)20/h1-4,8-9H. The molecule has 116 valence electrons. The monoisotopic (exact) mass is 350 g/mol. The lowest BCUT2D eigenvalue weighted by Crippen LogP contribution is -2.12. The Labute approximate surface area is 124 Å². The van der Waals surface area contributed by atoms with Gasteiger partial charge in [-0.2, -0.15) is 26.3 Å². The average molecular weight is 351 g/mol. The molecule has 0 aromatic heterocycles. The van der Waals surface area contributed by atoms with Gasteiger partial charge >= 0.3 is 12.4 Å². The van der Waals surface area contributed by atoms with Crippen LogP contribution in [0.1, 0.15) is 22.6 Å². The molecule has 0 saturated heterocycles. The molecule has 0 aliphatic heterocycles. The van der Waals surface area contributed by atoms with E-state index in [1.807, 2.05) is 0 Å². The number of halogens is 8. The van der Waals surface area contributed by atoms with Gasteiger partial charge in [0.2, 0.25) is 0 Å². The number of hydrogen-bond donors (Lipinski definition) is 0. The summed E-state index contributed by atoms with van der Waals surface area (Å²) in [4.78, 5) is 10.7. The lowest BCUT2D eigenvalue weighted by atomic mass is 10.0. The minimum Gasteiger partial charge on any atom is -0.303 e. The Morgan fingerprint density at radius 3 is 1.67 bits per heavy atom. The molecule has 1 nitrogen and oxygen atoms in total.